The van der Waals surface area contributed by atoms with Gasteiger partial charge in [-0.1, -0.05) is 35.4 Å². The Morgan fingerprint density at radius 1 is 1.29 bits per heavy atom. The molecule has 0 radical (unpaired) electrons. The van der Waals surface area contributed by atoms with Crippen LogP contribution in [-0.4, -0.2) is 5.91 Å². The highest BCUT2D eigenvalue weighted by molar-refractivity contribution is 6.35. The van der Waals surface area contributed by atoms with Crippen molar-refractivity contribution in [3.63, 3.8) is 0 Å². The minimum absolute atomic E-state index is 0.0125. The number of halogens is 2. The summed E-state index contributed by atoms with van der Waals surface area (Å²) in [7, 11) is 0. The Labute approximate surface area is 111 Å². The zero-order valence-electron chi connectivity index (χ0n) is 9.25. The fourth-order valence-electron chi connectivity index (χ4n) is 1.86. The van der Waals surface area contributed by atoms with Crippen LogP contribution in [0.25, 0.3) is 0 Å². The second kappa shape index (κ2) is 5.56. The third kappa shape index (κ3) is 3.24. The molecule has 2 rings (SSSR count). The molecule has 1 amide bonds. The molecule has 0 saturated carbocycles. The second-order valence-electron chi connectivity index (χ2n) is 4.09. The van der Waals surface area contributed by atoms with Gasteiger partial charge in [-0.2, -0.15) is 0 Å². The molecule has 0 saturated heterocycles. The van der Waals surface area contributed by atoms with Gasteiger partial charge in [-0.3, -0.25) is 4.79 Å². The predicted molar refractivity (Wildman–Crippen MR) is 71.6 cm³/mol. The smallest absolute Gasteiger partial charge is 0.227 e. The number of nitrogens with one attached hydrogen (secondary N) is 1. The minimum Gasteiger partial charge on any atom is -0.324 e. The van der Waals surface area contributed by atoms with Crippen molar-refractivity contribution in [2.45, 2.75) is 19.3 Å². The number of hydrogen-bond donors (Lipinski definition) is 1. The number of carbonyl (C=O) groups is 1. The van der Waals surface area contributed by atoms with Crippen molar-refractivity contribution in [3.8, 4) is 0 Å². The highest BCUT2D eigenvalue weighted by Crippen LogP contribution is 2.27. The van der Waals surface area contributed by atoms with Crippen LogP contribution in [0.4, 0.5) is 5.69 Å². The predicted octanol–water partition coefficient (Wildman–Crippen LogP) is 4.29. The monoisotopic (exact) mass is 269 g/mol. The Bertz CT molecular complexity index is 457. The van der Waals surface area contributed by atoms with E-state index in [0.29, 0.717) is 15.7 Å². The molecular weight excluding hydrogens is 257 g/mol. The number of hydrogen-bond acceptors (Lipinski definition) is 1. The van der Waals surface area contributed by atoms with E-state index >= 15 is 0 Å². The van der Waals surface area contributed by atoms with Crippen LogP contribution >= 0.6 is 23.2 Å². The molecule has 0 spiro atoms. The van der Waals surface area contributed by atoms with Crippen molar-refractivity contribution < 1.29 is 4.79 Å². The molecular formula is C13H13Cl2NO. The average Bonchev–Trinajstić information content (AvgIpc) is 2.35. The van der Waals surface area contributed by atoms with Gasteiger partial charge in [-0.25, -0.2) is 0 Å². The first-order valence-corrected chi connectivity index (χ1v) is 6.33. The number of benzene rings is 1. The summed E-state index contributed by atoms with van der Waals surface area (Å²) in [6.07, 6.45) is 6.80. The molecule has 1 atom stereocenters. The molecule has 1 aromatic carbocycles. The van der Waals surface area contributed by atoms with Gasteiger partial charge in [0.25, 0.3) is 0 Å². The van der Waals surface area contributed by atoms with Gasteiger partial charge in [0.05, 0.1) is 10.7 Å². The lowest BCUT2D eigenvalue weighted by atomic mass is 9.93. The van der Waals surface area contributed by atoms with E-state index in [-0.39, 0.29) is 11.8 Å². The SMILES string of the molecule is O=C(Nc1cc(Cl)ccc1Cl)C1CC=CCC1. The zero-order chi connectivity index (χ0) is 12.3. The third-order valence-electron chi connectivity index (χ3n) is 2.83. The Morgan fingerprint density at radius 2 is 2.12 bits per heavy atom. The highest BCUT2D eigenvalue weighted by Gasteiger charge is 2.19. The lowest BCUT2D eigenvalue weighted by Gasteiger charge is -2.17. The lowest BCUT2D eigenvalue weighted by Crippen LogP contribution is -2.23. The molecule has 0 aliphatic heterocycles. The molecule has 1 aliphatic carbocycles. The summed E-state index contributed by atoms with van der Waals surface area (Å²) in [5.41, 5.74) is 0.582. The van der Waals surface area contributed by atoms with E-state index in [4.69, 9.17) is 23.2 Å². The van der Waals surface area contributed by atoms with Crippen molar-refractivity contribution >= 4 is 34.8 Å². The first-order chi connectivity index (χ1) is 8.16. The van der Waals surface area contributed by atoms with Gasteiger partial charge in [0.1, 0.15) is 0 Å². The second-order valence-corrected chi connectivity index (χ2v) is 4.94. The molecule has 90 valence electrons. The first kappa shape index (κ1) is 12.5. The van der Waals surface area contributed by atoms with E-state index in [1.165, 1.54) is 0 Å². The average molecular weight is 270 g/mol. The maximum atomic E-state index is 12.0. The number of allylic oxidation sites excluding steroid dienone is 2. The third-order valence-corrected chi connectivity index (χ3v) is 3.39. The van der Waals surface area contributed by atoms with Gasteiger partial charge in [-0.15, -0.1) is 0 Å². The van der Waals surface area contributed by atoms with E-state index in [2.05, 4.69) is 11.4 Å². The summed E-state index contributed by atoms with van der Waals surface area (Å²) in [6.45, 7) is 0. The van der Waals surface area contributed by atoms with E-state index < -0.39 is 0 Å². The molecule has 0 bridgehead atoms. The minimum atomic E-state index is 0.0125. The summed E-state index contributed by atoms with van der Waals surface area (Å²) in [5.74, 6) is 0.0496. The Morgan fingerprint density at radius 3 is 2.82 bits per heavy atom. The zero-order valence-corrected chi connectivity index (χ0v) is 10.8. The highest BCUT2D eigenvalue weighted by atomic mass is 35.5. The van der Waals surface area contributed by atoms with Gasteiger partial charge < -0.3 is 5.32 Å². The van der Waals surface area contributed by atoms with Crippen molar-refractivity contribution in [1.29, 1.82) is 0 Å². The van der Waals surface area contributed by atoms with E-state index in [9.17, 15) is 4.79 Å². The van der Waals surface area contributed by atoms with Crippen molar-refractivity contribution in [2.24, 2.45) is 5.92 Å². The molecule has 1 aliphatic rings. The van der Waals surface area contributed by atoms with Gasteiger partial charge in [-0.05, 0) is 37.5 Å². The molecule has 0 aromatic heterocycles. The van der Waals surface area contributed by atoms with Gasteiger partial charge >= 0.3 is 0 Å². The van der Waals surface area contributed by atoms with Crippen LogP contribution < -0.4 is 5.32 Å². The van der Waals surface area contributed by atoms with Crippen molar-refractivity contribution in [2.75, 3.05) is 5.32 Å². The Kier molecular flexibility index (Phi) is 4.08. The standard InChI is InChI=1S/C13H13Cl2NO/c14-10-6-7-11(15)12(8-10)16-13(17)9-4-2-1-3-5-9/h1-2,6-9H,3-5H2,(H,16,17). The van der Waals surface area contributed by atoms with Gasteiger partial charge in [0.2, 0.25) is 5.91 Å². The fourth-order valence-corrected chi connectivity index (χ4v) is 2.20. The summed E-state index contributed by atoms with van der Waals surface area (Å²) < 4.78 is 0. The number of carbonyl (C=O) groups excluding carboxylic acids is 1. The fraction of sp³-hybridized carbons (Fsp3) is 0.308. The summed E-state index contributed by atoms with van der Waals surface area (Å²) in [5, 5.41) is 3.90. The summed E-state index contributed by atoms with van der Waals surface area (Å²) >= 11 is 11.9. The largest absolute Gasteiger partial charge is 0.324 e. The van der Waals surface area contributed by atoms with Crippen LogP contribution in [0.3, 0.4) is 0 Å². The summed E-state index contributed by atoms with van der Waals surface area (Å²) in [4.78, 5) is 12.0. The maximum Gasteiger partial charge on any atom is 0.227 e. The van der Waals surface area contributed by atoms with Gasteiger partial charge in [0, 0.05) is 10.9 Å². The van der Waals surface area contributed by atoms with E-state index in [1.54, 1.807) is 18.2 Å². The van der Waals surface area contributed by atoms with E-state index in [1.807, 2.05) is 6.08 Å². The van der Waals surface area contributed by atoms with Crippen molar-refractivity contribution in [1.82, 2.24) is 0 Å². The quantitative estimate of drug-likeness (QED) is 0.798. The van der Waals surface area contributed by atoms with E-state index in [0.717, 1.165) is 19.3 Å². The lowest BCUT2D eigenvalue weighted by molar-refractivity contribution is -0.120. The molecule has 1 unspecified atom stereocenters. The summed E-state index contributed by atoms with van der Waals surface area (Å²) in [6, 6.07) is 5.05. The van der Waals surface area contributed by atoms with Crippen LogP contribution in [0, 0.1) is 5.92 Å². The molecule has 17 heavy (non-hydrogen) atoms. The van der Waals surface area contributed by atoms with Crippen LogP contribution in [0.15, 0.2) is 30.4 Å². The molecule has 0 heterocycles. The molecule has 1 N–H and O–H groups in total. The molecule has 1 aromatic rings. The number of rotatable bonds is 2. The molecule has 0 fully saturated rings. The first-order valence-electron chi connectivity index (χ1n) is 5.58. The van der Waals surface area contributed by atoms with Crippen LogP contribution in [-0.2, 0) is 4.79 Å². The normalized spacial score (nSPS) is 19.1. The topological polar surface area (TPSA) is 29.1 Å². The maximum absolute atomic E-state index is 12.0. The number of amides is 1. The van der Waals surface area contributed by atoms with Crippen LogP contribution in [0.5, 0.6) is 0 Å². The Balaban J connectivity index is 2.07. The molecule has 2 nitrogen and oxygen atoms in total. The van der Waals surface area contributed by atoms with Crippen LogP contribution in [0.2, 0.25) is 10.0 Å². The van der Waals surface area contributed by atoms with Gasteiger partial charge in [0.15, 0.2) is 0 Å². The molecule has 4 heteroatoms. The Hall–Kier alpha value is -0.990. The number of anilines is 1. The van der Waals surface area contributed by atoms with Crippen LogP contribution in [0.1, 0.15) is 19.3 Å². The van der Waals surface area contributed by atoms with Crippen molar-refractivity contribution in [3.05, 3.63) is 40.4 Å².